The molecule has 6 nitrogen and oxygen atoms in total. The number of anilines is 2. The van der Waals surface area contributed by atoms with E-state index in [1.54, 1.807) is 31.2 Å². The van der Waals surface area contributed by atoms with E-state index in [1.165, 1.54) is 0 Å². The zero-order valence-corrected chi connectivity index (χ0v) is 11.0. The normalized spacial score (nSPS) is 10.2. The number of nitrogens with zero attached hydrogens (tertiary/aromatic N) is 2. The van der Waals surface area contributed by atoms with Gasteiger partial charge in [-0.2, -0.15) is 0 Å². The van der Waals surface area contributed by atoms with Crippen molar-refractivity contribution in [1.29, 1.82) is 0 Å². The summed E-state index contributed by atoms with van der Waals surface area (Å²) in [6, 6.07) is 6.99. The Bertz CT molecular complexity index is 554. The zero-order valence-electron chi connectivity index (χ0n) is 10.2. The van der Waals surface area contributed by atoms with E-state index in [-0.39, 0.29) is 17.9 Å². The van der Waals surface area contributed by atoms with Crippen molar-refractivity contribution in [1.82, 2.24) is 10.2 Å². The van der Waals surface area contributed by atoms with Crippen molar-refractivity contribution in [3.05, 3.63) is 35.7 Å². The molecule has 19 heavy (non-hydrogen) atoms. The molecular formula is C12H12ClN3O3. The second kappa shape index (κ2) is 6.19. The van der Waals surface area contributed by atoms with Crippen molar-refractivity contribution in [2.75, 3.05) is 11.9 Å². The second-order valence-corrected chi connectivity index (χ2v) is 3.82. The minimum Gasteiger partial charge on any atom is -0.462 e. The van der Waals surface area contributed by atoms with Crippen LogP contribution in [0.3, 0.4) is 0 Å². The van der Waals surface area contributed by atoms with E-state index in [0.29, 0.717) is 18.1 Å². The number of carbonyl (C=O) groups excluding carboxylic acids is 1. The van der Waals surface area contributed by atoms with Gasteiger partial charge in [0.25, 0.3) is 0 Å². The molecular weight excluding hydrogens is 270 g/mol. The molecule has 2 aromatic rings. The highest BCUT2D eigenvalue weighted by Gasteiger charge is 2.07. The highest BCUT2D eigenvalue weighted by Crippen LogP contribution is 2.16. The largest absolute Gasteiger partial charge is 0.462 e. The quantitative estimate of drug-likeness (QED) is 0.671. The summed E-state index contributed by atoms with van der Waals surface area (Å²) in [5.41, 5.74) is 1.21. The predicted octanol–water partition coefficient (Wildman–Crippen LogP) is 2.73. The smallest absolute Gasteiger partial charge is 0.338 e. The molecule has 2 rings (SSSR count). The molecule has 0 aliphatic carbocycles. The van der Waals surface area contributed by atoms with Gasteiger partial charge in [-0.1, -0.05) is 5.10 Å². The molecule has 0 bridgehead atoms. The molecule has 1 heterocycles. The number of carbonyl (C=O) groups is 1. The molecule has 0 radical (unpaired) electrons. The first-order valence-electron chi connectivity index (χ1n) is 5.65. The van der Waals surface area contributed by atoms with Crippen LogP contribution in [0.1, 0.15) is 23.2 Å². The molecule has 0 atom stereocenters. The van der Waals surface area contributed by atoms with E-state index in [0.717, 1.165) is 5.69 Å². The van der Waals surface area contributed by atoms with E-state index in [1.807, 2.05) is 0 Å². The first-order valence-corrected chi connectivity index (χ1v) is 6.19. The van der Waals surface area contributed by atoms with Gasteiger partial charge in [0.2, 0.25) is 5.89 Å². The zero-order chi connectivity index (χ0) is 13.7. The lowest BCUT2D eigenvalue weighted by molar-refractivity contribution is 0.0526. The highest BCUT2D eigenvalue weighted by molar-refractivity contribution is 6.16. The van der Waals surface area contributed by atoms with Crippen molar-refractivity contribution in [2.24, 2.45) is 0 Å². The van der Waals surface area contributed by atoms with Gasteiger partial charge in [0.15, 0.2) is 0 Å². The van der Waals surface area contributed by atoms with Crippen LogP contribution < -0.4 is 5.32 Å². The number of rotatable bonds is 5. The van der Waals surface area contributed by atoms with Crippen LogP contribution >= 0.6 is 11.6 Å². The Balaban J connectivity index is 2.04. The molecule has 1 N–H and O–H groups in total. The van der Waals surface area contributed by atoms with E-state index in [4.69, 9.17) is 20.8 Å². The molecule has 0 aliphatic rings. The first-order chi connectivity index (χ1) is 9.22. The minimum atomic E-state index is -0.351. The number of ether oxygens (including phenoxy) is 1. The fourth-order valence-corrected chi connectivity index (χ4v) is 1.49. The van der Waals surface area contributed by atoms with Crippen molar-refractivity contribution in [2.45, 2.75) is 12.8 Å². The number of hydrogen-bond acceptors (Lipinski definition) is 6. The molecule has 0 saturated carbocycles. The lowest BCUT2D eigenvalue weighted by Gasteiger charge is -2.03. The summed E-state index contributed by atoms with van der Waals surface area (Å²) < 4.78 is 10.1. The summed E-state index contributed by atoms with van der Waals surface area (Å²) in [5.74, 6) is 0.153. The fraction of sp³-hybridized carbons (Fsp3) is 0.250. The van der Waals surface area contributed by atoms with E-state index >= 15 is 0 Å². The maximum absolute atomic E-state index is 11.5. The molecule has 0 saturated heterocycles. The standard InChI is InChI=1S/C12H12ClN3O3/c1-2-18-11(17)8-3-5-9(6-4-8)14-12-16-15-10(7-13)19-12/h3-6H,2,7H2,1H3,(H,14,16). The Hall–Kier alpha value is -2.08. The Labute approximate surface area is 114 Å². The maximum atomic E-state index is 11.5. The number of nitrogens with one attached hydrogen (secondary N) is 1. The molecule has 0 amide bonds. The van der Waals surface area contributed by atoms with Crippen LogP contribution in [-0.2, 0) is 10.6 Å². The summed E-state index contributed by atoms with van der Waals surface area (Å²) in [6.45, 7) is 2.11. The Morgan fingerprint density at radius 3 is 2.68 bits per heavy atom. The van der Waals surface area contributed by atoms with Gasteiger partial charge in [0.05, 0.1) is 12.2 Å². The summed E-state index contributed by atoms with van der Waals surface area (Å²) in [5, 5.41) is 10.4. The van der Waals surface area contributed by atoms with Gasteiger partial charge in [0, 0.05) is 5.69 Å². The second-order valence-electron chi connectivity index (χ2n) is 3.56. The summed E-state index contributed by atoms with van der Waals surface area (Å²) in [7, 11) is 0. The Kier molecular flexibility index (Phi) is 4.35. The number of halogens is 1. The third-order valence-electron chi connectivity index (χ3n) is 2.23. The lowest BCUT2D eigenvalue weighted by atomic mass is 10.2. The third-order valence-corrected chi connectivity index (χ3v) is 2.46. The lowest BCUT2D eigenvalue weighted by Crippen LogP contribution is -2.04. The van der Waals surface area contributed by atoms with Crippen LogP contribution in [0.25, 0.3) is 0 Å². The monoisotopic (exact) mass is 281 g/mol. The topological polar surface area (TPSA) is 77.2 Å². The minimum absolute atomic E-state index is 0.163. The molecule has 100 valence electrons. The van der Waals surface area contributed by atoms with Gasteiger partial charge >= 0.3 is 12.0 Å². The van der Waals surface area contributed by atoms with Crippen LogP contribution in [0.5, 0.6) is 0 Å². The van der Waals surface area contributed by atoms with Gasteiger partial charge in [0.1, 0.15) is 5.88 Å². The molecule has 0 aliphatic heterocycles. The summed E-state index contributed by atoms with van der Waals surface area (Å²) in [6.07, 6.45) is 0. The van der Waals surface area contributed by atoms with Crippen molar-refractivity contribution in [3.8, 4) is 0 Å². The molecule has 7 heteroatoms. The maximum Gasteiger partial charge on any atom is 0.338 e. The van der Waals surface area contributed by atoms with Gasteiger partial charge in [-0.05, 0) is 31.2 Å². The van der Waals surface area contributed by atoms with Crippen molar-refractivity contribution >= 4 is 29.3 Å². The molecule has 1 aromatic heterocycles. The summed E-state index contributed by atoms with van der Waals surface area (Å²) in [4.78, 5) is 11.5. The van der Waals surface area contributed by atoms with Gasteiger partial charge < -0.3 is 14.5 Å². The van der Waals surface area contributed by atoms with Gasteiger partial charge in [-0.15, -0.1) is 16.7 Å². The SMILES string of the molecule is CCOC(=O)c1ccc(Nc2nnc(CCl)o2)cc1. The average Bonchev–Trinajstić information content (AvgIpc) is 2.87. The Morgan fingerprint density at radius 1 is 1.37 bits per heavy atom. The molecule has 1 aromatic carbocycles. The first kappa shape index (κ1) is 13.4. The third kappa shape index (κ3) is 3.45. The number of hydrogen-bond donors (Lipinski definition) is 1. The van der Waals surface area contributed by atoms with Crippen LogP contribution in [0, 0.1) is 0 Å². The van der Waals surface area contributed by atoms with Crippen molar-refractivity contribution in [3.63, 3.8) is 0 Å². The van der Waals surface area contributed by atoms with Gasteiger partial charge in [-0.25, -0.2) is 4.79 Å². The Morgan fingerprint density at radius 2 is 2.11 bits per heavy atom. The molecule has 0 fully saturated rings. The summed E-state index contributed by atoms with van der Waals surface area (Å²) >= 11 is 5.55. The van der Waals surface area contributed by atoms with Crippen molar-refractivity contribution < 1.29 is 13.9 Å². The van der Waals surface area contributed by atoms with Crippen LogP contribution in [0.2, 0.25) is 0 Å². The van der Waals surface area contributed by atoms with Crippen LogP contribution in [-0.4, -0.2) is 22.8 Å². The fourth-order valence-electron chi connectivity index (χ4n) is 1.39. The number of esters is 1. The van der Waals surface area contributed by atoms with Crippen LogP contribution in [0.4, 0.5) is 11.7 Å². The molecule has 0 spiro atoms. The number of aromatic nitrogens is 2. The van der Waals surface area contributed by atoms with E-state index in [2.05, 4.69) is 15.5 Å². The number of alkyl halides is 1. The highest BCUT2D eigenvalue weighted by atomic mass is 35.5. The van der Waals surface area contributed by atoms with Gasteiger partial charge in [-0.3, -0.25) is 0 Å². The van der Waals surface area contributed by atoms with E-state index < -0.39 is 0 Å². The van der Waals surface area contributed by atoms with Crippen LogP contribution in [0.15, 0.2) is 28.7 Å². The average molecular weight is 282 g/mol. The molecule has 0 unspecified atom stereocenters. The number of benzene rings is 1. The van der Waals surface area contributed by atoms with E-state index in [9.17, 15) is 4.79 Å². The predicted molar refractivity (Wildman–Crippen MR) is 69.5 cm³/mol.